The van der Waals surface area contributed by atoms with Gasteiger partial charge in [-0.3, -0.25) is 9.69 Å². The van der Waals surface area contributed by atoms with Crippen molar-refractivity contribution >= 4 is 17.7 Å². The van der Waals surface area contributed by atoms with Crippen molar-refractivity contribution in [2.24, 2.45) is 0 Å². The van der Waals surface area contributed by atoms with Crippen molar-refractivity contribution in [1.29, 1.82) is 0 Å². The zero-order chi connectivity index (χ0) is 19.6. The first-order valence-electron chi connectivity index (χ1n) is 10.7. The Morgan fingerprint density at radius 1 is 1.10 bits per heavy atom. The van der Waals surface area contributed by atoms with Gasteiger partial charge in [-0.05, 0) is 19.3 Å². The van der Waals surface area contributed by atoms with E-state index >= 15 is 0 Å². The van der Waals surface area contributed by atoms with E-state index in [1.54, 1.807) is 0 Å². The minimum Gasteiger partial charge on any atom is -0.331 e. The highest BCUT2D eigenvalue weighted by molar-refractivity contribution is 7.99. The number of amides is 1. The molecule has 5 rings (SSSR count). The Bertz CT molecular complexity index is 827. The normalized spacial score (nSPS) is 26.3. The lowest BCUT2D eigenvalue weighted by Crippen LogP contribution is -2.43. The summed E-state index contributed by atoms with van der Waals surface area (Å²) in [5, 5.41) is 3.49. The van der Waals surface area contributed by atoms with Gasteiger partial charge in [-0.1, -0.05) is 30.3 Å². The maximum Gasteiger partial charge on any atom is 0.240 e. The number of likely N-dealkylation sites (tertiary alicyclic amines) is 1. The number of hydrogen-bond acceptors (Lipinski definition) is 5. The average Bonchev–Trinajstić information content (AvgIpc) is 3.56. The van der Waals surface area contributed by atoms with Gasteiger partial charge in [0.1, 0.15) is 5.82 Å². The van der Waals surface area contributed by atoms with E-state index in [0.29, 0.717) is 18.0 Å². The molecule has 0 saturated carbocycles. The molecule has 0 radical (unpaired) electrons. The predicted molar refractivity (Wildman–Crippen MR) is 117 cm³/mol. The third-order valence-corrected chi connectivity index (χ3v) is 7.55. The number of carbonyl (C=O) groups excluding carboxylic acids is 1. The number of nitrogens with zero attached hydrogens (tertiary/aromatic N) is 4. The predicted octanol–water partition coefficient (Wildman–Crippen LogP) is 2.45. The number of aromatic nitrogens is 2. The summed E-state index contributed by atoms with van der Waals surface area (Å²) >= 11 is 1.86. The summed E-state index contributed by atoms with van der Waals surface area (Å²) in [6, 6.07) is 11.4. The molecule has 3 aliphatic rings. The van der Waals surface area contributed by atoms with Crippen LogP contribution in [0.1, 0.15) is 25.3 Å². The standard InChI is InChI=1S/C22H29N5OS/c28-22(26-12-13-29-16-26)20-14-19(15-24-20)25-9-6-18(7-10-25)27-11-8-23-21(27)17-4-2-1-3-5-17/h1-5,8,11,18-20,24H,6-7,9-10,12-16H2/t19-,20-/m0/s1. The summed E-state index contributed by atoms with van der Waals surface area (Å²) < 4.78 is 2.36. The van der Waals surface area contributed by atoms with Gasteiger partial charge >= 0.3 is 0 Å². The molecule has 0 unspecified atom stereocenters. The smallest absolute Gasteiger partial charge is 0.240 e. The molecule has 0 bridgehead atoms. The quantitative estimate of drug-likeness (QED) is 0.838. The zero-order valence-electron chi connectivity index (χ0n) is 16.7. The second-order valence-corrected chi connectivity index (χ2v) is 9.36. The third kappa shape index (κ3) is 3.96. The largest absolute Gasteiger partial charge is 0.331 e. The minimum atomic E-state index is 0.00903. The first kappa shape index (κ1) is 19.2. The number of carbonyl (C=O) groups is 1. The molecule has 29 heavy (non-hydrogen) atoms. The molecule has 1 aromatic heterocycles. The number of piperidine rings is 1. The molecule has 154 valence electrons. The molecule has 1 amide bonds. The Labute approximate surface area is 176 Å². The highest BCUT2D eigenvalue weighted by Crippen LogP contribution is 2.30. The van der Waals surface area contributed by atoms with Crippen LogP contribution in [-0.2, 0) is 4.79 Å². The molecule has 7 heteroatoms. The third-order valence-electron chi connectivity index (χ3n) is 6.58. The monoisotopic (exact) mass is 411 g/mol. The van der Waals surface area contributed by atoms with E-state index in [1.807, 2.05) is 28.9 Å². The molecule has 2 atom stereocenters. The number of benzene rings is 1. The van der Waals surface area contributed by atoms with E-state index < -0.39 is 0 Å². The van der Waals surface area contributed by atoms with E-state index in [0.717, 1.165) is 62.9 Å². The molecular formula is C22H29N5OS. The fourth-order valence-corrected chi connectivity index (χ4v) is 5.89. The van der Waals surface area contributed by atoms with Gasteiger partial charge in [0, 0.05) is 62.0 Å². The van der Waals surface area contributed by atoms with Crippen molar-refractivity contribution in [2.75, 3.05) is 37.8 Å². The fraction of sp³-hybridized carbons (Fsp3) is 0.545. The summed E-state index contributed by atoms with van der Waals surface area (Å²) in [6.45, 7) is 4.02. The number of thioether (sulfide) groups is 1. The highest BCUT2D eigenvalue weighted by Gasteiger charge is 2.37. The van der Waals surface area contributed by atoms with Gasteiger partial charge < -0.3 is 14.8 Å². The van der Waals surface area contributed by atoms with Crippen LogP contribution in [0.4, 0.5) is 0 Å². The average molecular weight is 412 g/mol. The van der Waals surface area contributed by atoms with Crippen LogP contribution in [0.15, 0.2) is 42.7 Å². The molecule has 0 spiro atoms. The first-order chi connectivity index (χ1) is 14.3. The van der Waals surface area contributed by atoms with Gasteiger partial charge in [-0.15, -0.1) is 11.8 Å². The Morgan fingerprint density at radius 2 is 1.93 bits per heavy atom. The summed E-state index contributed by atoms with van der Waals surface area (Å²) in [7, 11) is 0. The highest BCUT2D eigenvalue weighted by atomic mass is 32.2. The number of imidazole rings is 1. The maximum absolute atomic E-state index is 12.7. The van der Waals surface area contributed by atoms with Gasteiger partial charge in [0.05, 0.1) is 11.9 Å². The van der Waals surface area contributed by atoms with Crippen molar-refractivity contribution in [3.8, 4) is 11.4 Å². The number of hydrogen-bond donors (Lipinski definition) is 1. The number of rotatable bonds is 4. The van der Waals surface area contributed by atoms with Crippen LogP contribution in [0.2, 0.25) is 0 Å². The van der Waals surface area contributed by atoms with Crippen LogP contribution in [0, 0.1) is 0 Å². The Hall–Kier alpha value is -1.83. The first-order valence-corrected chi connectivity index (χ1v) is 11.9. The van der Waals surface area contributed by atoms with Crippen LogP contribution >= 0.6 is 11.8 Å². The van der Waals surface area contributed by atoms with Gasteiger partial charge in [-0.2, -0.15) is 0 Å². The molecule has 2 aromatic rings. The molecule has 4 heterocycles. The van der Waals surface area contributed by atoms with Crippen LogP contribution < -0.4 is 5.32 Å². The van der Waals surface area contributed by atoms with Crippen molar-refractivity contribution < 1.29 is 4.79 Å². The Balaban J connectivity index is 1.18. The maximum atomic E-state index is 12.7. The van der Waals surface area contributed by atoms with Gasteiger partial charge in [-0.25, -0.2) is 4.98 Å². The molecular weight excluding hydrogens is 382 g/mol. The Morgan fingerprint density at radius 3 is 2.69 bits per heavy atom. The molecule has 3 saturated heterocycles. The second-order valence-electron chi connectivity index (χ2n) is 8.28. The summed E-state index contributed by atoms with van der Waals surface area (Å²) in [4.78, 5) is 21.9. The molecule has 6 nitrogen and oxygen atoms in total. The lowest BCUT2D eigenvalue weighted by atomic mass is 10.0. The van der Waals surface area contributed by atoms with Gasteiger partial charge in [0.15, 0.2) is 0 Å². The summed E-state index contributed by atoms with van der Waals surface area (Å²) in [5.41, 5.74) is 1.18. The van der Waals surface area contributed by atoms with Crippen molar-refractivity contribution in [2.45, 2.75) is 37.4 Å². The SMILES string of the molecule is O=C([C@@H]1C[C@H](N2CCC(n3ccnc3-c3ccccc3)CC2)CN1)N1CCSC1. The van der Waals surface area contributed by atoms with E-state index in [9.17, 15) is 4.79 Å². The topological polar surface area (TPSA) is 53.4 Å². The molecule has 3 aliphatic heterocycles. The van der Waals surface area contributed by atoms with Gasteiger partial charge in [0.25, 0.3) is 0 Å². The molecule has 3 fully saturated rings. The van der Waals surface area contributed by atoms with E-state index in [1.165, 1.54) is 5.56 Å². The zero-order valence-corrected chi connectivity index (χ0v) is 17.6. The van der Waals surface area contributed by atoms with E-state index in [2.05, 4.69) is 50.2 Å². The van der Waals surface area contributed by atoms with Crippen LogP contribution in [0.5, 0.6) is 0 Å². The van der Waals surface area contributed by atoms with Crippen molar-refractivity contribution in [3.63, 3.8) is 0 Å². The Kier molecular flexibility index (Phi) is 5.61. The fourth-order valence-electron chi connectivity index (χ4n) is 4.94. The minimum absolute atomic E-state index is 0.00903. The summed E-state index contributed by atoms with van der Waals surface area (Å²) in [5.74, 6) is 3.31. The molecule has 1 aromatic carbocycles. The summed E-state index contributed by atoms with van der Waals surface area (Å²) in [6.07, 6.45) is 7.26. The molecule has 0 aliphatic carbocycles. The lowest BCUT2D eigenvalue weighted by molar-refractivity contribution is -0.131. The van der Waals surface area contributed by atoms with E-state index in [4.69, 9.17) is 0 Å². The van der Waals surface area contributed by atoms with Crippen LogP contribution in [0.25, 0.3) is 11.4 Å². The number of nitrogens with one attached hydrogen (secondary N) is 1. The second kappa shape index (κ2) is 8.50. The van der Waals surface area contributed by atoms with Crippen LogP contribution in [0.3, 0.4) is 0 Å². The van der Waals surface area contributed by atoms with Crippen molar-refractivity contribution in [1.82, 2.24) is 24.7 Å². The van der Waals surface area contributed by atoms with Crippen molar-refractivity contribution in [3.05, 3.63) is 42.7 Å². The molecule has 1 N–H and O–H groups in total. The van der Waals surface area contributed by atoms with E-state index in [-0.39, 0.29) is 6.04 Å². The van der Waals surface area contributed by atoms with Crippen LogP contribution in [-0.4, -0.2) is 75.2 Å². The lowest BCUT2D eigenvalue weighted by Gasteiger charge is -2.36. The van der Waals surface area contributed by atoms with Gasteiger partial charge in [0.2, 0.25) is 5.91 Å².